The van der Waals surface area contributed by atoms with Gasteiger partial charge in [-0.1, -0.05) is 0 Å². The molecule has 0 bridgehead atoms. The highest BCUT2D eigenvalue weighted by Crippen LogP contribution is 2.43. The van der Waals surface area contributed by atoms with Crippen molar-refractivity contribution in [3.05, 3.63) is 18.2 Å². The lowest BCUT2D eigenvalue weighted by Gasteiger charge is -2.12. The van der Waals surface area contributed by atoms with E-state index in [2.05, 4.69) is 14.9 Å². The van der Waals surface area contributed by atoms with E-state index in [9.17, 15) is 0 Å². The molecular formula is C8H13N3. The molecule has 11 heavy (non-hydrogen) atoms. The van der Waals surface area contributed by atoms with Crippen molar-refractivity contribution in [2.75, 3.05) is 7.05 Å². The first-order valence-electron chi connectivity index (χ1n) is 3.95. The number of hydrogen-bond donors (Lipinski definition) is 1. The molecule has 1 aliphatic carbocycles. The Hall–Kier alpha value is -0.830. The van der Waals surface area contributed by atoms with Gasteiger partial charge in [-0.2, -0.15) is 0 Å². The summed E-state index contributed by atoms with van der Waals surface area (Å²) in [4.78, 5) is 4.32. The zero-order valence-corrected chi connectivity index (χ0v) is 6.96. The third-order valence-electron chi connectivity index (χ3n) is 2.48. The van der Waals surface area contributed by atoms with E-state index >= 15 is 0 Å². The van der Waals surface area contributed by atoms with Gasteiger partial charge >= 0.3 is 0 Å². The van der Waals surface area contributed by atoms with Gasteiger partial charge < -0.3 is 9.88 Å². The molecule has 0 aromatic carbocycles. The molecule has 1 N–H and O–H groups in total. The smallest absolute Gasteiger partial charge is 0.128 e. The highest BCUT2D eigenvalue weighted by molar-refractivity contribution is 5.16. The van der Waals surface area contributed by atoms with Crippen molar-refractivity contribution in [2.24, 2.45) is 7.05 Å². The summed E-state index contributed by atoms with van der Waals surface area (Å²) in [5.41, 5.74) is 0.207. The second kappa shape index (κ2) is 2.08. The molecule has 1 aromatic rings. The second-order valence-electron chi connectivity index (χ2n) is 3.19. The van der Waals surface area contributed by atoms with Gasteiger partial charge in [0.15, 0.2) is 0 Å². The fourth-order valence-electron chi connectivity index (χ4n) is 1.54. The Kier molecular flexibility index (Phi) is 1.29. The first-order valence-corrected chi connectivity index (χ1v) is 3.95. The number of rotatable bonds is 2. The van der Waals surface area contributed by atoms with E-state index in [0.29, 0.717) is 0 Å². The predicted octanol–water partition coefficient (Wildman–Crippen LogP) is 0.629. The van der Waals surface area contributed by atoms with Crippen LogP contribution < -0.4 is 5.32 Å². The van der Waals surface area contributed by atoms with E-state index in [1.165, 1.54) is 18.7 Å². The Labute approximate surface area is 66.4 Å². The van der Waals surface area contributed by atoms with Crippen LogP contribution in [-0.2, 0) is 12.6 Å². The van der Waals surface area contributed by atoms with Crippen LogP contribution in [0.3, 0.4) is 0 Å². The monoisotopic (exact) mass is 151 g/mol. The van der Waals surface area contributed by atoms with Crippen molar-refractivity contribution in [1.82, 2.24) is 14.9 Å². The van der Waals surface area contributed by atoms with Crippen LogP contribution in [0.2, 0.25) is 0 Å². The molecule has 0 amide bonds. The summed E-state index contributed by atoms with van der Waals surface area (Å²) in [5.74, 6) is 1.17. The van der Waals surface area contributed by atoms with Crippen LogP contribution in [0, 0.1) is 0 Å². The topological polar surface area (TPSA) is 29.9 Å². The quantitative estimate of drug-likeness (QED) is 0.671. The summed E-state index contributed by atoms with van der Waals surface area (Å²) in [7, 11) is 4.04. The summed E-state index contributed by atoms with van der Waals surface area (Å²) >= 11 is 0. The van der Waals surface area contributed by atoms with Crippen LogP contribution >= 0.6 is 0 Å². The minimum Gasteiger partial charge on any atom is -0.336 e. The summed E-state index contributed by atoms with van der Waals surface area (Å²) in [6, 6.07) is 0. The maximum Gasteiger partial charge on any atom is 0.128 e. The molecule has 0 spiro atoms. The summed E-state index contributed by atoms with van der Waals surface area (Å²) in [6.07, 6.45) is 6.28. The maximum atomic E-state index is 4.32. The number of nitrogens with one attached hydrogen (secondary N) is 1. The number of aromatic nitrogens is 2. The van der Waals surface area contributed by atoms with Gasteiger partial charge in [0, 0.05) is 19.4 Å². The van der Waals surface area contributed by atoms with E-state index in [1.807, 2.05) is 26.5 Å². The largest absolute Gasteiger partial charge is 0.336 e. The van der Waals surface area contributed by atoms with Gasteiger partial charge in [-0.3, -0.25) is 0 Å². The van der Waals surface area contributed by atoms with Crippen molar-refractivity contribution in [2.45, 2.75) is 18.4 Å². The van der Waals surface area contributed by atoms with E-state index in [1.54, 1.807) is 0 Å². The van der Waals surface area contributed by atoms with Crippen molar-refractivity contribution in [1.29, 1.82) is 0 Å². The predicted molar refractivity (Wildman–Crippen MR) is 43.2 cm³/mol. The SMILES string of the molecule is CNC1(c2nccn2C)CC1. The molecule has 1 saturated carbocycles. The highest BCUT2D eigenvalue weighted by atomic mass is 15.1. The molecule has 1 aliphatic rings. The van der Waals surface area contributed by atoms with E-state index in [-0.39, 0.29) is 5.54 Å². The maximum absolute atomic E-state index is 4.32. The molecule has 0 saturated heterocycles. The molecule has 3 nitrogen and oxygen atoms in total. The number of hydrogen-bond acceptors (Lipinski definition) is 2. The summed E-state index contributed by atoms with van der Waals surface area (Å²) in [6.45, 7) is 0. The summed E-state index contributed by atoms with van der Waals surface area (Å²) in [5, 5.41) is 3.31. The standard InChI is InChI=1S/C8H13N3/c1-9-8(3-4-8)7-10-5-6-11(7)2/h5-6,9H,3-4H2,1-2H3. The molecule has 60 valence electrons. The van der Waals surface area contributed by atoms with Crippen molar-refractivity contribution in [3.8, 4) is 0 Å². The van der Waals surface area contributed by atoms with Gasteiger partial charge in [-0.05, 0) is 19.9 Å². The average molecular weight is 151 g/mol. The minimum atomic E-state index is 0.207. The minimum absolute atomic E-state index is 0.207. The van der Waals surface area contributed by atoms with Gasteiger partial charge in [0.05, 0.1) is 5.54 Å². The Morgan fingerprint density at radius 3 is 2.73 bits per heavy atom. The average Bonchev–Trinajstić information content (AvgIpc) is 2.70. The molecule has 0 aliphatic heterocycles. The van der Waals surface area contributed by atoms with E-state index < -0.39 is 0 Å². The Balaban J connectivity index is 2.35. The van der Waals surface area contributed by atoms with Crippen LogP contribution in [0.15, 0.2) is 12.4 Å². The van der Waals surface area contributed by atoms with Crippen molar-refractivity contribution in [3.63, 3.8) is 0 Å². The third-order valence-corrected chi connectivity index (χ3v) is 2.48. The van der Waals surface area contributed by atoms with Crippen molar-refractivity contribution >= 4 is 0 Å². The van der Waals surface area contributed by atoms with Crippen LogP contribution in [0.4, 0.5) is 0 Å². The third kappa shape index (κ3) is 0.878. The molecule has 1 heterocycles. The Morgan fingerprint density at radius 2 is 2.36 bits per heavy atom. The molecule has 2 rings (SSSR count). The fraction of sp³-hybridized carbons (Fsp3) is 0.625. The van der Waals surface area contributed by atoms with Gasteiger partial charge in [0.1, 0.15) is 5.82 Å². The lowest BCUT2D eigenvalue weighted by molar-refractivity contribution is 0.527. The van der Waals surface area contributed by atoms with Gasteiger partial charge in [-0.15, -0.1) is 0 Å². The molecule has 0 unspecified atom stereocenters. The fourth-order valence-corrected chi connectivity index (χ4v) is 1.54. The highest BCUT2D eigenvalue weighted by Gasteiger charge is 2.45. The number of aryl methyl sites for hydroxylation is 1. The normalized spacial score (nSPS) is 20.2. The van der Waals surface area contributed by atoms with Crippen LogP contribution in [0.5, 0.6) is 0 Å². The Bertz CT molecular complexity index is 260. The van der Waals surface area contributed by atoms with Gasteiger partial charge in [0.2, 0.25) is 0 Å². The lowest BCUT2D eigenvalue weighted by atomic mass is 10.2. The first-order chi connectivity index (χ1) is 5.28. The lowest BCUT2D eigenvalue weighted by Crippen LogP contribution is -2.27. The summed E-state index contributed by atoms with van der Waals surface area (Å²) < 4.78 is 2.09. The molecule has 3 heteroatoms. The van der Waals surface area contributed by atoms with Crippen LogP contribution in [0.25, 0.3) is 0 Å². The molecule has 0 radical (unpaired) electrons. The number of nitrogens with zero attached hydrogens (tertiary/aromatic N) is 2. The Morgan fingerprint density at radius 1 is 1.64 bits per heavy atom. The van der Waals surface area contributed by atoms with Crippen LogP contribution in [-0.4, -0.2) is 16.6 Å². The van der Waals surface area contributed by atoms with Gasteiger partial charge in [-0.25, -0.2) is 4.98 Å². The van der Waals surface area contributed by atoms with Crippen molar-refractivity contribution < 1.29 is 0 Å². The zero-order chi connectivity index (χ0) is 7.90. The van der Waals surface area contributed by atoms with E-state index in [4.69, 9.17) is 0 Å². The van der Waals surface area contributed by atoms with Gasteiger partial charge in [0.25, 0.3) is 0 Å². The first kappa shape index (κ1) is 6.85. The van der Waals surface area contributed by atoms with Crippen LogP contribution in [0.1, 0.15) is 18.7 Å². The van der Waals surface area contributed by atoms with E-state index in [0.717, 1.165) is 0 Å². The second-order valence-corrected chi connectivity index (χ2v) is 3.19. The molecular weight excluding hydrogens is 138 g/mol. The molecule has 1 fully saturated rings. The zero-order valence-electron chi connectivity index (χ0n) is 6.96. The molecule has 0 atom stereocenters. The molecule has 1 aromatic heterocycles. The number of imidazole rings is 1.